The summed E-state index contributed by atoms with van der Waals surface area (Å²) in [5.41, 5.74) is 2.55. The fourth-order valence-electron chi connectivity index (χ4n) is 2.59. The van der Waals surface area contributed by atoms with Crippen LogP contribution < -0.4 is 5.32 Å². The topological polar surface area (TPSA) is 90.9 Å². The molecule has 0 saturated carbocycles. The number of hydrogen-bond donors (Lipinski definition) is 2. The lowest BCUT2D eigenvalue weighted by Gasteiger charge is -2.11. The summed E-state index contributed by atoms with van der Waals surface area (Å²) < 4.78 is 1.70. The predicted molar refractivity (Wildman–Crippen MR) is 90.2 cm³/mol. The van der Waals surface area contributed by atoms with Gasteiger partial charge in [-0.25, -0.2) is 4.98 Å². The number of aromatic nitrogens is 2. The Balaban J connectivity index is 1.87. The normalized spacial score (nSPS) is 11.9. The van der Waals surface area contributed by atoms with Crippen molar-refractivity contribution in [2.24, 2.45) is 0 Å². The zero-order valence-electron chi connectivity index (χ0n) is 13.1. The molecule has 1 unspecified atom stereocenters. The molecule has 0 bridgehead atoms. The van der Waals surface area contributed by atoms with Gasteiger partial charge in [0.05, 0.1) is 22.7 Å². The van der Waals surface area contributed by atoms with Crippen molar-refractivity contribution in [2.45, 2.75) is 19.6 Å². The van der Waals surface area contributed by atoms with E-state index in [0.717, 1.165) is 11.0 Å². The van der Waals surface area contributed by atoms with Gasteiger partial charge in [0.15, 0.2) is 0 Å². The van der Waals surface area contributed by atoms with Gasteiger partial charge in [0, 0.05) is 5.69 Å². The first-order valence-electron chi connectivity index (χ1n) is 7.51. The summed E-state index contributed by atoms with van der Waals surface area (Å²) in [7, 11) is 0. The molecule has 0 saturated heterocycles. The highest BCUT2D eigenvalue weighted by Crippen LogP contribution is 2.21. The van der Waals surface area contributed by atoms with Crippen LogP contribution in [-0.4, -0.2) is 20.6 Å². The fourth-order valence-corrected chi connectivity index (χ4v) is 2.59. The van der Waals surface area contributed by atoms with Gasteiger partial charge < -0.3 is 15.0 Å². The number of fused-ring (bicyclic) bond motifs is 1. The van der Waals surface area contributed by atoms with Gasteiger partial charge in [0.25, 0.3) is 0 Å². The average Bonchev–Trinajstić information content (AvgIpc) is 2.94. The molecule has 2 aromatic carbocycles. The van der Waals surface area contributed by atoms with Crippen molar-refractivity contribution in [3.63, 3.8) is 0 Å². The van der Waals surface area contributed by atoms with Crippen LogP contribution in [0.15, 0.2) is 48.5 Å². The maximum absolute atomic E-state index is 12.4. The van der Waals surface area contributed by atoms with Crippen LogP contribution in [0.5, 0.6) is 0 Å². The van der Waals surface area contributed by atoms with Crippen molar-refractivity contribution in [1.29, 1.82) is 5.26 Å². The largest absolute Gasteiger partial charge is 0.385 e. The number of anilines is 1. The highest BCUT2D eigenvalue weighted by atomic mass is 16.3. The van der Waals surface area contributed by atoms with E-state index in [1.807, 2.05) is 30.3 Å². The number of hydrogen-bond acceptors (Lipinski definition) is 4. The number of nitriles is 1. The highest BCUT2D eigenvalue weighted by molar-refractivity contribution is 5.92. The molecule has 24 heavy (non-hydrogen) atoms. The molecule has 3 aromatic rings. The summed E-state index contributed by atoms with van der Waals surface area (Å²) in [6, 6.07) is 16.2. The van der Waals surface area contributed by atoms with Crippen LogP contribution in [0.3, 0.4) is 0 Å². The molecular formula is C18H16N4O2. The molecule has 0 aliphatic rings. The molecule has 0 spiro atoms. The van der Waals surface area contributed by atoms with E-state index in [4.69, 9.17) is 5.26 Å². The smallest absolute Gasteiger partial charge is 0.244 e. The van der Waals surface area contributed by atoms with Crippen molar-refractivity contribution in [3.8, 4) is 6.07 Å². The van der Waals surface area contributed by atoms with Crippen LogP contribution in [0, 0.1) is 11.3 Å². The molecule has 6 heteroatoms. The molecule has 6 nitrogen and oxygen atoms in total. The van der Waals surface area contributed by atoms with E-state index in [1.165, 1.54) is 0 Å². The number of nitrogens with zero attached hydrogens (tertiary/aromatic N) is 3. The van der Waals surface area contributed by atoms with Crippen molar-refractivity contribution < 1.29 is 9.90 Å². The number of rotatable bonds is 4. The van der Waals surface area contributed by atoms with Crippen LogP contribution in [-0.2, 0) is 11.3 Å². The van der Waals surface area contributed by atoms with E-state index in [0.29, 0.717) is 17.1 Å². The minimum absolute atomic E-state index is 0.0253. The van der Waals surface area contributed by atoms with Gasteiger partial charge >= 0.3 is 0 Å². The Kier molecular flexibility index (Phi) is 4.27. The number of benzene rings is 2. The third kappa shape index (κ3) is 3.12. The van der Waals surface area contributed by atoms with E-state index in [2.05, 4.69) is 10.3 Å². The van der Waals surface area contributed by atoms with E-state index >= 15 is 0 Å². The third-order valence-electron chi connectivity index (χ3n) is 3.63. The standard InChI is InChI=1S/C18H16N4O2/c1-12(23)18-21-15-7-2-3-8-16(15)22(18)11-17(24)20-14-6-4-5-13(9-14)10-19/h2-9,12,23H,11H2,1H3,(H,20,24). The Labute approximate surface area is 139 Å². The summed E-state index contributed by atoms with van der Waals surface area (Å²) in [4.78, 5) is 16.8. The molecule has 0 aliphatic heterocycles. The Morgan fingerprint density at radius 2 is 2.12 bits per heavy atom. The Morgan fingerprint density at radius 1 is 1.33 bits per heavy atom. The molecule has 0 radical (unpaired) electrons. The Hall–Kier alpha value is -3.17. The van der Waals surface area contributed by atoms with Gasteiger partial charge in [-0.1, -0.05) is 18.2 Å². The Morgan fingerprint density at radius 3 is 2.88 bits per heavy atom. The molecule has 0 aliphatic carbocycles. The molecule has 120 valence electrons. The summed E-state index contributed by atoms with van der Waals surface area (Å²) in [6.07, 6.45) is -0.785. The van der Waals surface area contributed by atoms with Gasteiger partial charge in [-0.2, -0.15) is 5.26 Å². The highest BCUT2D eigenvalue weighted by Gasteiger charge is 2.16. The van der Waals surface area contributed by atoms with Gasteiger partial charge in [-0.05, 0) is 37.3 Å². The SMILES string of the molecule is CC(O)c1nc2ccccc2n1CC(=O)Nc1cccc(C#N)c1. The number of para-hydroxylation sites is 2. The van der Waals surface area contributed by atoms with Crippen molar-refractivity contribution in [2.75, 3.05) is 5.32 Å². The zero-order valence-corrected chi connectivity index (χ0v) is 13.1. The number of aliphatic hydroxyl groups excluding tert-OH is 1. The summed E-state index contributed by atoms with van der Waals surface area (Å²) in [6.45, 7) is 1.64. The monoisotopic (exact) mass is 320 g/mol. The first kappa shape index (κ1) is 15.7. The summed E-state index contributed by atoms with van der Waals surface area (Å²) in [5, 5.41) is 21.6. The molecule has 0 fully saturated rings. The zero-order chi connectivity index (χ0) is 17.1. The second-order valence-corrected chi connectivity index (χ2v) is 5.46. The summed E-state index contributed by atoms with van der Waals surface area (Å²) in [5.74, 6) is 0.187. The Bertz CT molecular complexity index is 938. The van der Waals surface area contributed by atoms with Crippen LogP contribution >= 0.6 is 0 Å². The van der Waals surface area contributed by atoms with Crippen LogP contribution in [0.2, 0.25) is 0 Å². The number of carbonyl (C=O) groups is 1. The number of imidazole rings is 1. The number of amides is 1. The van der Waals surface area contributed by atoms with Gasteiger partial charge in [-0.15, -0.1) is 0 Å². The third-order valence-corrected chi connectivity index (χ3v) is 3.63. The maximum Gasteiger partial charge on any atom is 0.244 e. The lowest BCUT2D eigenvalue weighted by molar-refractivity contribution is -0.116. The minimum atomic E-state index is -0.785. The number of nitrogens with one attached hydrogen (secondary N) is 1. The first-order chi connectivity index (χ1) is 11.6. The maximum atomic E-state index is 12.4. The number of aliphatic hydroxyl groups is 1. The van der Waals surface area contributed by atoms with Crippen molar-refractivity contribution >= 4 is 22.6 Å². The average molecular weight is 320 g/mol. The van der Waals surface area contributed by atoms with E-state index in [-0.39, 0.29) is 12.5 Å². The van der Waals surface area contributed by atoms with E-state index < -0.39 is 6.10 Å². The fraction of sp³-hybridized carbons (Fsp3) is 0.167. The molecular weight excluding hydrogens is 304 g/mol. The molecule has 1 atom stereocenters. The quantitative estimate of drug-likeness (QED) is 0.773. The molecule has 1 heterocycles. The molecule has 2 N–H and O–H groups in total. The van der Waals surface area contributed by atoms with Crippen molar-refractivity contribution in [1.82, 2.24) is 9.55 Å². The minimum Gasteiger partial charge on any atom is -0.385 e. The van der Waals surface area contributed by atoms with E-state index in [9.17, 15) is 9.90 Å². The molecule has 1 aromatic heterocycles. The lowest BCUT2D eigenvalue weighted by atomic mass is 10.2. The summed E-state index contributed by atoms with van der Waals surface area (Å²) >= 11 is 0. The van der Waals surface area contributed by atoms with Gasteiger partial charge in [0.2, 0.25) is 5.91 Å². The van der Waals surface area contributed by atoms with Gasteiger partial charge in [-0.3, -0.25) is 4.79 Å². The van der Waals surface area contributed by atoms with E-state index in [1.54, 1.807) is 35.8 Å². The van der Waals surface area contributed by atoms with Crippen LogP contribution in [0.25, 0.3) is 11.0 Å². The molecule has 3 rings (SSSR count). The van der Waals surface area contributed by atoms with Crippen LogP contribution in [0.1, 0.15) is 24.4 Å². The predicted octanol–water partition coefficient (Wildman–Crippen LogP) is 2.60. The second-order valence-electron chi connectivity index (χ2n) is 5.46. The lowest BCUT2D eigenvalue weighted by Crippen LogP contribution is -2.20. The van der Waals surface area contributed by atoms with Crippen molar-refractivity contribution in [3.05, 3.63) is 59.9 Å². The first-order valence-corrected chi connectivity index (χ1v) is 7.51. The molecule has 1 amide bonds. The van der Waals surface area contributed by atoms with Crippen LogP contribution in [0.4, 0.5) is 5.69 Å². The van der Waals surface area contributed by atoms with Gasteiger partial charge in [0.1, 0.15) is 18.5 Å². The second kappa shape index (κ2) is 6.52. The number of carbonyl (C=O) groups excluding carboxylic acids is 1.